The van der Waals surface area contributed by atoms with Crippen molar-refractivity contribution in [2.45, 2.75) is 19.6 Å². The van der Waals surface area contributed by atoms with E-state index in [0.717, 1.165) is 0 Å². The van der Waals surface area contributed by atoms with Crippen molar-refractivity contribution in [2.75, 3.05) is 0 Å². The van der Waals surface area contributed by atoms with E-state index in [1.807, 2.05) is 0 Å². The molecule has 0 nitrogen and oxygen atoms in total. The van der Waals surface area contributed by atoms with Gasteiger partial charge >= 0.3 is 0 Å². The Morgan fingerprint density at radius 3 is 2.13 bits per heavy atom. The maximum Gasteiger partial charge on any atom is 0.0784 e. The Balaban J connectivity index is 2.26. The molecule has 23 heavy (non-hydrogen) atoms. The quantitative estimate of drug-likeness (QED) is 0.597. The van der Waals surface area contributed by atoms with Crippen LogP contribution in [-0.2, 0) is 0 Å². The molecule has 0 aliphatic heterocycles. The van der Waals surface area contributed by atoms with E-state index in [0.29, 0.717) is 0 Å². The number of hydrogen-bond donors (Lipinski definition) is 0. The highest BCUT2D eigenvalue weighted by atomic mass is 28.3. The lowest BCUT2D eigenvalue weighted by molar-refractivity contribution is 1.58. The Morgan fingerprint density at radius 1 is 0.783 bits per heavy atom. The van der Waals surface area contributed by atoms with Crippen molar-refractivity contribution < 1.29 is 0 Å². The molecule has 0 spiro atoms. The van der Waals surface area contributed by atoms with Crippen LogP contribution in [0.15, 0.2) is 72.4 Å². The van der Waals surface area contributed by atoms with Gasteiger partial charge in [-0.05, 0) is 27.5 Å². The smallest absolute Gasteiger partial charge is 0.0784 e. The summed E-state index contributed by atoms with van der Waals surface area (Å²) in [4.78, 5) is 0. The van der Waals surface area contributed by atoms with Crippen LogP contribution >= 0.6 is 0 Å². The van der Waals surface area contributed by atoms with Crippen LogP contribution in [0.25, 0.3) is 16.3 Å². The van der Waals surface area contributed by atoms with Crippen LogP contribution in [0.2, 0.25) is 19.6 Å². The van der Waals surface area contributed by atoms with Gasteiger partial charge in [0.1, 0.15) is 0 Å². The second kappa shape index (κ2) is 6.30. The second-order valence-electron chi connectivity index (χ2n) is 6.88. The van der Waals surface area contributed by atoms with E-state index in [4.69, 9.17) is 0 Å². The third-order valence-electron chi connectivity index (χ3n) is 4.25. The molecule has 0 fully saturated rings. The largest absolute Gasteiger partial charge is 0.0937 e. The molecule has 0 aromatic heterocycles. The summed E-state index contributed by atoms with van der Waals surface area (Å²) in [6, 6.07) is 24.0. The van der Waals surface area contributed by atoms with Gasteiger partial charge in [-0.3, -0.25) is 0 Å². The molecule has 2 heteroatoms. The van der Waals surface area contributed by atoms with Gasteiger partial charge in [-0.25, -0.2) is 0 Å². The van der Waals surface area contributed by atoms with Crippen molar-refractivity contribution in [3.63, 3.8) is 0 Å². The first-order chi connectivity index (χ1) is 11.0. The van der Waals surface area contributed by atoms with Crippen molar-refractivity contribution in [3.8, 4) is 0 Å². The SMILES string of the molecule is C[Si](C)(C)c1ccccc1C(=C[Si])c1cccc2ccccc12. The average Bonchev–Trinajstić information content (AvgIpc) is 2.55. The number of benzene rings is 3. The molecular formula is C21H21Si2. The first-order valence-electron chi connectivity index (χ1n) is 7.98. The van der Waals surface area contributed by atoms with Crippen LogP contribution in [0.1, 0.15) is 11.1 Å². The summed E-state index contributed by atoms with van der Waals surface area (Å²) in [5.41, 5.74) is 5.96. The summed E-state index contributed by atoms with van der Waals surface area (Å²) in [7, 11) is 2.26. The van der Waals surface area contributed by atoms with Crippen molar-refractivity contribution in [1.29, 1.82) is 0 Å². The van der Waals surface area contributed by atoms with Gasteiger partial charge in [0.15, 0.2) is 0 Å². The fourth-order valence-corrected chi connectivity index (χ4v) is 5.07. The Morgan fingerprint density at radius 2 is 1.39 bits per heavy atom. The molecule has 3 rings (SSSR count). The highest BCUT2D eigenvalue weighted by Gasteiger charge is 2.22. The summed E-state index contributed by atoms with van der Waals surface area (Å²) in [6.07, 6.45) is 0. The van der Waals surface area contributed by atoms with Crippen molar-refractivity contribution in [1.82, 2.24) is 0 Å². The third kappa shape index (κ3) is 3.10. The van der Waals surface area contributed by atoms with Gasteiger partial charge in [0.05, 0.1) is 18.3 Å². The van der Waals surface area contributed by atoms with Crippen LogP contribution in [0.5, 0.6) is 0 Å². The molecule has 0 heterocycles. The maximum absolute atomic E-state index is 3.68. The van der Waals surface area contributed by atoms with Crippen LogP contribution in [0.4, 0.5) is 0 Å². The summed E-state index contributed by atoms with van der Waals surface area (Å²) in [5.74, 6) is 0. The first-order valence-corrected chi connectivity index (χ1v) is 12.1. The van der Waals surface area contributed by atoms with Gasteiger partial charge in [-0.2, -0.15) is 0 Å². The number of fused-ring (bicyclic) bond motifs is 1. The summed E-state index contributed by atoms with van der Waals surface area (Å²) < 4.78 is 0. The van der Waals surface area contributed by atoms with Crippen LogP contribution in [0.3, 0.4) is 0 Å². The minimum Gasteiger partial charge on any atom is -0.0937 e. The zero-order valence-corrected chi connectivity index (χ0v) is 15.9. The van der Waals surface area contributed by atoms with E-state index in [1.165, 1.54) is 32.7 Å². The zero-order valence-electron chi connectivity index (χ0n) is 13.9. The lowest BCUT2D eigenvalue weighted by atomic mass is 9.94. The van der Waals surface area contributed by atoms with Gasteiger partial charge in [0.25, 0.3) is 0 Å². The van der Waals surface area contributed by atoms with Gasteiger partial charge < -0.3 is 0 Å². The molecule has 3 radical (unpaired) electrons. The molecule has 0 unspecified atom stereocenters. The van der Waals surface area contributed by atoms with Crippen molar-refractivity contribution in [3.05, 3.63) is 83.6 Å². The van der Waals surface area contributed by atoms with Crippen LogP contribution in [-0.4, -0.2) is 18.3 Å². The van der Waals surface area contributed by atoms with Gasteiger partial charge in [-0.1, -0.05) is 97.3 Å². The predicted octanol–water partition coefficient (Wildman–Crippen LogP) is 4.94. The van der Waals surface area contributed by atoms with E-state index in [9.17, 15) is 0 Å². The fraction of sp³-hybridized carbons (Fsp3) is 0.143. The van der Waals surface area contributed by atoms with E-state index in [2.05, 4.69) is 102 Å². The lowest BCUT2D eigenvalue weighted by Gasteiger charge is -2.23. The molecule has 0 saturated heterocycles. The molecule has 0 N–H and O–H groups in total. The minimum atomic E-state index is -1.42. The Kier molecular flexibility index (Phi) is 4.38. The molecule has 3 aromatic carbocycles. The highest BCUT2D eigenvalue weighted by Crippen LogP contribution is 2.29. The standard InChI is InChI=1S/C21H21Si2/c1-23(2,3)21-14-7-6-12-19(21)20(15-22)18-13-8-10-16-9-4-5-11-17(16)18/h4-15H,1-3H3. The Bertz CT molecular complexity index is 865. The third-order valence-corrected chi connectivity index (χ3v) is 6.59. The van der Waals surface area contributed by atoms with Crippen molar-refractivity contribution >= 4 is 39.8 Å². The molecule has 0 aliphatic rings. The molecular weight excluding hydrogens is 308 g/mol. The van der Waals surface area contributed by atoms with Gasteiger partial charge in [0.2, 0.25) is 0 Å². The Labute approximate surface area is 143 Å². The summed E-state index contributed by atoms with van der Waals surface area (Å²) in [6.45, 7) is 7.21. The molecule has 0 amide bonds. The zero-order chi connectivity index (χ0) is 16.4. The van der Waals surface area contributed by atoms with Crippen molar-refractivity contribution in [2.24, 2.45) is 0 Å². The van der Waals surface area contributed by atoms with E-state index in [1.54, 1.807) is 0 Å². The number of hydrogen-bond acceptors (Lipinski definition) is 0. The van der Waals surface area contributed by atoms with Crippen LogP contribution in [0, 0.1) is 0 Å². The fourth-order valence-electron chi connectivity index (χ4n) is 3.13. The lowest BCUT2D eigenvalue weighted by Crippen LogP contribution is -2.39. The molecule has 0 saturated carbocycles. The van der Waals surface area contributed by atoms with E-state index >= 15 is 0 Å². The van der Waals surface area contributed by atoms with E-state index < -0.39 is 8.07 Å². The number of rotatable bonds is 3. The second-order valence-corrected chi connectivity index (χ2v) is 12.2. The topological polar surface area (TPSA) is 0 Å². The maximum atomic E-state index is 3.68. The molecule has 0 bridgehead atoms. The molecule has 0 atom stereocenters. The Hall–Kier alpha value is -1.91. The monoisotopic (exact) mass is 329 g/mol. The summed E-state index contributed by atoms with van der Waals surface area (Å²) >= 11 is 0. The van der Waals surface area contributed by atoms with Crippen LogP contribution < -0.4 is 5.19 Å². The molecule has 3 aromatic rings. The minimum absolute atomic E-state index is 1.26. The van der Waals surface area contributed by atoms with E-state index in [-0.39, 0.29) is 0 Å². The normalized spacial score (nSPS) is 12.6. The predicted molar refractivity (Wildman–Crippen MR) is 106 cm³/mol. The average molecular weight is 330 g/mol. The molecule has 113 valence electrons. The summed E-state index contributed by atoms with van der Waals surface area (Å²) in [5, 5.41) is 4.07. The van der Waals surface area contributed by atoms with Gasteiger partial charge in [0, 0.05) is 0 Å². The highest BCUT2D eigenvalue weighted by molar-refractivity contribution is 6.89. The molecule has 0 aliphatic carbocycles. The first kappa shape index (κ1) is 16.0. The van der Waals surface area contributed by atoms with Gasteiger partial charge in [-0.15, -0.1) is 0 Å².